The third-order valence-corrected chi connectivity index (χ3v) is 11.0. The number of likely N-dealkylation sites (tertiary alicyclic amines) is 2. The molecule has 1 aromatic rings. The van der Waals surface area contributed by atoms with E-state index in [1.807, 2.05) is 4.90 Å². The number of alkyl halides is 6. The first-order valence-corrected chi connectivity index (χ1v) is 16.4. The van der Waals surface area contributed by atoms with Crippen LogP contribution in [-0.4, -0.2) is 99.5 Å². The smallest absolute Gasteiger partial charge is 0.425 e. The molecule has 5 rings (SSSR count). The Bertz CT molecular complexity index is 1320. The second-order valence-corrected chi connectivity index (χ2v) is 14.9. The first-order chi connectivity index (χ1) is 19.9. The first kappa shape index (κ1) is 32.1. The highest BCUT2D eigenvalue weighted by molar-refractivity contribution is 7.88. The number of rotatable bonds is 5. The molecule has 0 bridgehead atoms. The van der Waals surface area contributed by atoms with Gasteiger partial charge in [-0.3, -0.25) is 4.90 Å². The van der Waals surface area contributed by atoms with Crippen LogP contribution in [0.25, 0.3) is 0 Å². The summed E-state index contributed by atoms with van der Waals surface area (Å²) in [4.78, 5) is 17.8. The van der Waals surface area contributed by atoms with Crippen molar-refractivity contribution >= 4 is 21.8 Å². The third kappa shape index (κ3) is 7.03. The van der Waals surface area contributed by atoms with Gasteiger partial charge in [-0.05, 0) is 68.7 Å². The lowest BCUT2D eigenvalue weighted by Crippen LogP contribution is -2.42. The molecule has 0 radical (unpaired) electrons. The van der Waals surface area contributed by atoms with Crippen LogP contribution in [0.4, 0.5) is 36.8 Å². The summed E-state index contributed by atoms with van der Waals surface area (Å²) < 4.78 is 110. The average Bonchev–Trinajstić information content (AvgIpc) is 3.63. The minimum Gasteiger partial charge on any atom is -0.437 e. The predicted octanol–water partition coefficient (Wildman–Crippen LogP) is 4.94. The first-order valence-electron chi connectivity index (χ1n) is 14.5. The fourth-order valence-electron chi connectivity index (χ4n) is 7.10. The summed E-state index contributed by atoms with van der Waals surface area (Å²) in [5, 5.41) is 0. The van der Waals surface area contributed by atoms with Crippen LogP contribution < -0.4 is 4.90 Å². The Kier molecular flexibility index (Phi) is 8.43. The molecule has 4 aliphatic rings. The van der Waals surface area contributed by atoms with E-state index in [1.165, 1.54) is 27.6 Å². The number of amides is 1. The van der Waals surface area contributed by atoms with Gasteiger partial charge in [-0.15, -0.1) is 0 Å². The molecular formula is C28H38F6N4O4S. The van der Waals surface area contributed by atoms with E-state index in [-0.39, 0.29) is 23.9 Å². The van der Waals surface area contributed by atoms with Gasteiger partial charge in [0.1, 0.15) is 0 Å². The number of benzene rings is 1. The molecule has 0 saturated carbocycles. The number of halogens is 6. The van der Waals surface area contributed by atoms with Crippen molar-refractivity contribution in [3.05, 3.63) is 29.3 Å². The zero-order chi connectivity index (χ0) is 31.4. The van der Waals surface area contributed by atoms with Gasteiger partial charge in [0.25, 0.3) is 0 Å². The Labute approximate surface area is 248 Å². The molecule has 4 aliphatic heterocycles. The lowest BCUT2D eigenvalue weighted by molar-refractivity contribution is -0.199. The molecule has 2 spiro atoms. The Morgan fingerprint density at radius 3 is 2.14 bits per heavy atom. The second kappa shape index (κ2) is 11.3. The van der Waals surface area contributed by atoms with E-state index >= 15 is 0 Å². The summed E-state index contributed by atoms with van der Waals surface area (Å²) in [6, 6.07) is 3.81. The SMILES string of the molecule is CC(OC(=O)N1CCC2(CCN(Cc3ccc(C(F)(F)F)cc3N3CCC4(CC3)CCN(S(C)(=O)=O)C4)C2)C1)C(F)(F)F. The summed E-state index contributed by atoms with van der Waals surface area (Å²) in [5.74, 6) is 0. The van der Waals surface area contributed by atoms with Gasteiger partial charge in [0.15, 0.2) is 6.10 Å². The van der Waals surface area contributed by atoms with Crippen LogP contribution in [-0.2, 0) is 27.5 Å². The number of sulfonamides is 1. The minimum atomic E-state index is -4.64. The largest absolute Gasteiger partial charge is 0.437 e. The van der Waals surface area contributed by atoms with Gasteiger partial charge in [0, 0.05) is 63.5 Å². The molecule has 2 unspecified atom stereocenters. The third-order valence-electron chi connectivity index (χ3n) is 9.80. The zero-order valence-electron chi connectivity index (χ0n) is 24.3. The van der Waals surface area contributed by atoms with Crippen LogP contribution in [0.3, 0.4) is 0 Å². The second-order valence-electron chi connectivity index (χ2n) is 12.9. The van der Waals surface area contributed by atoms with E-state index in [1.54, 1.807) is 0 Å². The topological polar surface area (TPSA) is 73.4 Å². The normalized spacial score (nSPS) is 26.1. The van der Waals surface area contributed by atoms with E-state index < -0.39 is 40.1 Å². The summed E-state index contributed by atoms with van der Waals surface area (Å²) in [7, 11) is -3.30. The summed E-state index contributed by atoms with van der Waals surface area (Å²) in [6.45, 7) is 4.89. The number of hydrogen-bond donors (Lipinski definition) is 0. The lowest BCUT2D eigenvalue weighted by atomic mass is 9.77. The van der Waals surface area contributed by atoms with Crippen LogP contribution in [0.5, 0.6) is 0 Å². The van der Waals surface area contributed by atoms with Crippen LogP contribution >= 0.6 is 0 Å². The molecule has 0 aliphatic carbocycles. The molecule has 242 valence electrons. The molecular weight excluding hydrogens is 602 g/mol. The number of hydrogen-bond acceptors (Lipinski definition) is 6. The average molecular weight is 641 g/mol. The molecule has 43 heavy (non-hydrogen) atoms. The van der Waals surface area contributed by atoms with E-state index in [0.717, 1.165) is 25.0 Å². The van der Waals surface area contributed by atoms with Crippen molar-refractivity contribution in [2.45, 2.75) is 64.0 Å². The van der Waals surface area contributed by atoms with Crippen molar-refractivity contribution < 1.29 is 44.3 Å². The quantitative estimate of drug-likeness (QED) is 0.425. The molecule has 8 nitrogen and oxygen atoms in total. The van der Waals surface area contributed by atoms with Crippen molar-refractivity contribution in [2.24, 2.45) is 10.8 Å². The maximum Gasteiger partial charge on any atom is 0.425 e. The molecule has 0 aromatic heterocycles. The highest BCUT2D eigenvalue weighted by atomic mass is 32.2. The Morgan fingerprint density at radius 1 is 0.907 bits per heavy atom. The number of nitrogens with zero attached hydrogens (tertiary/aromatic N) is 4. The number of carbonyl (C=O) groups excluding carboxylic acids is 1. The van der Waals surface area contributed by atoms with Crippen molar-refractivity contribution in [1.29, 1.82) is 0 Å². The highest BCUT2D eigenvalue weighted by Crippen LogP contribution is 2.45. The van der Waals surface area contributed by atoms with Gasteiger partial charge in [0.2, 0.25) is 10.0 Å². The summed E-state index contributed by atoms with van der Waals surface area (Å²) in [6.07, 6.45) is -7.72. The maximum atomic E-state index is 13.7. The number of carbonyl (C=O) groups is 1. The van der Waals surface area contributed by atoms with Gasteiger partial charge in [-0.25, -0.2) is 17.5 Å². The van der Waals surface area contributed by atoms with Gasteiger partial charge < -0.3 is 14.5 Å². The summed E-state index contributed by atoms with van der Waals surface area (Å²) in [5.41, 5.74) is 0.0556. The minimum absolute atomic E-state index is 0.171. The van der Waals surface area contributed by atoms with E-state index in [4.69, 9.17) is 0 Å². The number of piperidine rings is 1. The van der Waals surface area contributed by atoms with Gasteiger partial charge in [-0.2, -0.15) is 26.3 Å². The van der Waals surface area contributed by atoms with Crippen molar-refractivity contribution in [2.75, 3.05) is 63.5 Å². The maximum absolute atomic E-state index is 13.7. The molecule has 0 N–H and O–H groups in total. The monoisotopic (exact) mass is 640 g/mol. The van der Waals surface area contributed by atoms with Crippen molar-refractivity contribution in [3.63, 3.8) is 0 Å². The van der Waals surface area contributed by atoms with Gasteiger partial charge in [-0.1, -0.05) is 6.07 Å². The Morgan fingerprint density at radius 2 is 1.53 bits per heavy atom. The predicted molar refractivity (Wildman–Crippen MR) is 147 cm³/mol. The number of ether oxygens (including phenoxy) is 1. The molecule has 4 saturated heterocycles. The van der Waals surface area contributed by atoms with Gasteiger partial charge in [0.05, 0.1) is 11.8 Å². The van der Waals surface area contributed by atoms with Crippen LogP contribution in [0.2, 0.25) is 0 Å². The van der Waals surface area contributed by atoms with Crippen molar-refractivity contribution in [1.82, 2.24) is 14.1 Å². The summed E-state index contributed by atoms with van der Waals surface area (Å²) >= 11 is 0. The van der Waals surface area contributed by atoms with E-state index in [2.05, 4.69) is 9.64 Å². The van der Waals surface area contributed by atoms with Crippen LogP contribution in [0, 0.1) is 10.8 Å². The zero-order valence-corrected chi connectivity index (χ0v) is 25.1. The standard InChI is InChI=1S/C28H38F6N4O4S/c1-20(27(29,30)31)42-24(39)37-13-8-26(18-37)5-10-35(17-26)16-21-3-4-22(28(32,33)34)15-23(21)36-11-6-25(7-12-36)9-14-38(19-25)43(2,40)41/h3-4,15,20H,5-14,16-19H2,1-2H3. The molecule has 1 aromatic carbocycles. The highest BCUT2D eigenvalue weighted by Gasteiger charge is 2.47. The molecule has 15 heteroatoms. The van der Waals surface area contributed by atoms with E-state index in [9.17, 15) is 39.6 Å². The lowest BCUT2D eigenvalue weighted by Gasteiger charge is -2.41. The molecule has 4 fully saturated rings. The fourth-order valence-corrected chi connectivity index (χ4v) is 8.03. The molecule has 4 heterocycles. The number of anilines is 1. The van der Waals surface area contributed by atoms with Crippen LogP contribution in [0.15, 0.2) is 18.2 Å². The van der Waals surface area contributed by atoms with E-state index in [0.29, 0.717) is 77.2 Å². The van der Waals surface area contributed by atoms with Crippen LogP contribution in [0.1, 0.15) is 50.2 Å². The Balaban J connectivity index is 1.25. The van der Waals surface area contributed by atoms with Crippen molar-refractivity contribution in [3.8, 4) is 0 Å². The van der Waals surface area contributed by atoms with Gasteiger partial charge >= 0.3 is 18.4 Å². The molecule has 1 amide bonds. The Hall–Kier alpha value is -2.26. The molecule has 2 atom stereocenters. The fraction of sp³-hybridized carbons (Fsp3) is 0.750.